The van der Waals surface area contributed by atoms with Gasteiger partial charge in [0.2, 0.25) is 0 Å². The van der Waals surface area contributed by atoms with E-state index in [0.29, 0.717) is 14.9 Å². The molecule has 0 saturated heterocycles. The molecular weight excluding hydrogens is 396 g/mol. The Morgan fingerprint density at radius 1 is 1.07 bits per heavy atom. The second-order valence-corrected chi connectivity index (χ2v) is 13.7. The average Bonchev–Trinajstić information content (AvgIpc) is 2.95. The van der Waals surface area contributed by atoms with Crippen LogP contribution in [0.1, 0.15) is 86.0 Å². The van der Waals surface area contributed by atoms with Crippen LogP contribution in [-0.4, -0.2) is 27.7 Å². The Kier molecular flexibility index (Phi) is 6.19. The molecule has 29 heavy (non-hydrogen) atoms. The molecule has 3 fully saturated rings. The number of allylic oxidation sites excluding steroid dienone is 1. The van der Waals surface area contributed by atoms with Crippen molar-refractivity contribution in [3.63, 3.8) is 0 Å². The van der Waals surface area contributed by atoms with E-state index in [2.05, 4.69) is 57.3 Å². The Morgan fingerprint density at radius 2 is 1.76 bits per heavy atom. The van der Waals surface area contributed by atoms with Crippen molar-refractivity contribution in [3.8, 4) is 0 Å². The first-order valence-electron chi connectivity index (χ1n) is 11.9. The minimum Gasteiger partial charge on any atom is -0.462 e. The van der Waals surface area contributed by atoms with E-state index in [1.807, 2.05) is 0 Å². The molecular formula is C25H40O2S2. The van der Waals surface area contributed by atoms with Crippen LogP contribution in [0.25, 0.3) is 0 Å². The molecule has 0 spiro atoms. The standard InChI is InChI=1S/C25H40O2S2/c1-6-28-25(29-7-2)15-12-22-20-9-8-18-16-19(27-17(3)26)10-13-23(18,4)21(20)11-14-24(22,25)5/h8,19-22H,6-7,9-16H2,1-5H3/t19?,20-,21+,22+,23+,24+/m1/s1. The highest BCUT2D eigenvalue weighted by molar-refractivity contribution is 8.18. The topological polar surface area (TPSA) is 26.3 Å². The summed E-state index contributed by atoms with van der Waals surface area (Å²) in [5, 5.41) is 0. The third kappa shape index (κ3) is 3.43. The molecule has 4 heteroatoms. The average molecular weight is 437 g/mol. The zero-order valence-corrected chi connectivity index (χ0v) is 20.7. The van der Waals surface area contributed by atoms with Gasteiger partial charge < -0.3 is 4.74 Å². The normalized spacial score (nSPS) is 43.0. The smallest absolute Gasteiger partial charge is 0.302 e. The number of thioether (sulfide) groups is 2. The molecule has 164 valence electrons. The van der Waals surface area contributed by atoms with Crippen molar-refractivity contribution >= 4 is 29.5 Å². The molecule has 4 aliphatic carbocycles. The van der Waals surface area contributed by atoms with Crippen LogP contribution >= 0.6 is 23.5 Å². The van der Waals surface area contributed by atoms with Gasteiger partial charge >= 0.3 is 5.97 Å². The van der Waals surface area contributed by atoms with Gasteiger partial charge in [0.15, 0.2) is 0 Å². The zero-order valence-electron chi connectivity index (χ0n) is 19.1. The molecule has 0 radical (unpaired) electrons. The summed E-state index contributed by atoms with van der Waals surface area (Å²) >= 11 is 4.52. The van der Waals surface area contributed by atoms with Gasteiger partial charge in [-0.1, -0.05) is 39.3 Å². The van der Waals surface area contributed by atoms with E-state index >= 15 is 0 Å². The summed E-state index contributed by atoms with van der Waals surface area (Å²) in [6.45, 7) is 11.5. The lowest BCUT2D eigenvalue weighted by atomic mass is 9.48. The van der Waals surface area contributed by atoms with E-state index in [-0.39, 0.29) is 12.1 Å². The summed E-state index contributed by atoms with van der Waals surface area (Å²) in [5.41, 5.74) is 2.42. The van der Waals surface area contributed by atoms with Gasteiger partial charge in [0.25, 0.3) is 0 Å². The van der Waals surface area contributed by atoms with Crippen molar-refractivity contribution in [2.24, 2.45) is 28.6 Å². The van der Waals surface area contributed by atoms with Crippen LogP contribution in [0.4, 0.5) is 0 Å². The van der Waals surface area contributed by atoms with Crippen molar-refractivity contribution in [2.75, 3.05) is 11.5 Å². The number of esters is 1. The fourth-order valence-electron chi connectivity index (χ4n) is 7.90. The fourth-order valence-corrected chi connectivity index (χ4v) is 11.6. The summed E-state index contributed by atoms with van der Waals surface area (Å²) in [4.78, 5) is 11.5. The summed E-state index contributed by atoms with van der Waals surface area (Å²) in [6, 6.07) is 0. The number of ether oxygens (including phenoxy) is 1. The molecule has 0 aromatic carbocycles. The first-order chi connectivity index (χ1) is 13.8. The Bertz CT molecular complexity index is 668. The second kappa shape index (κ2) is 8.11. The highest BCUT2D eigenvalue weighted by Crippen LogP contribution is 2.72. The second-order valence-electron chi connectivity index (χ2n) is 10.3. The first-order valence-corrected chi connectivity index (χ1v) is 13.9. The molecule has 0 aliphatic heterocycles. The fraction of sp³-hybridized carbons (Fsp3) is 0.880. The van der Waals surface area contributed by atoms with Crippen LogP contribution in [0.15, 0.2) is 11.6 Å². The molecule has 0 amide bonds. The van der Waals surface area contributed by atoms with E-state index in [9.17, 15) is 4.79 Å². The number of rotatable bonds is 5. The summed E-state index contributed by atoms with van der Waals surface area (Å²) in [5.74, 6) is 4.91. The predicted octanol–water partition coefficient (Wildman–Crippen LogP) is 7.08. The van der Waals surface area contributed by atoms with Gasteiger partial charge in [0.05, 0.1) is 4.08 Å². The third-order valence-electron chi connectivity index (χ3n) is 9.19. The molecule has 6 atom stereocenters. The molecule has 0 aromatic rings. The van der Waals surface area contributed by atoms with E-state index in [1.54, 1.807) is 12.5 Å². The summed E-state index contributed by atoms with van der Waals surface area (Å²) in [6.07, 6.45) is 12.8. The lowest BCUT2D eigenvalue weighted by Gasteiger charge is -2.59. The Morgan fingerprint density at radius 3 is 2.41 bits per heavy atom. The molecule has 3 saturated carbocycles. The van der Waals surface area contributed by atoms with Crippen LogP contribution in [0.2, 0.25) is 0 Å². The maximum atomic E-state index is 11.5. The van der Waals surface area contributed by atoms with Crippen molar-refractivity contribution in [1.29, 1.82) is 0 Å². The Hall–Kier alpha value is -0.0900. The molecule has 4 aliphatic rings. The van der Waals surface area contributed by atoms with Gasteiger partial charge in [-0.25, -0.2) is 0 Å². The van der Waals surface area contributed by atoms with Crippen molar-refractivity contribution in [2.45, 2.75) is 96.2 Å². The van der Waals surface area contributed by atoms with E-state index < -0.39 is 0 Å². The number of carbonyl (C=O) groups is 1. The lowest BCUT2D eigenvalue weighted by Crippen LogP contribution is -2.53. The highest BCUT2D eigenvalue weighted by Gasteiger charge is 2.64. The van der Waals surface area contributed by atoms with Gasteiger partial charge in [-0.15, -0.1) is 23.5 Å². The van der Waals surface area contributed by atoms with Gasteiger partial charge in [-0.05, 0) is 85.0 Å². The largest absolute Gasteiger partial charge is 0.462 e. The quantitative estimate of drug-likeness (QED) is 0.261. The maximum absolute atomic E-state index is 11.5. The summed E-state index contributed by atoms with van der Waals surface area (Å²) < 4.78 is 6.04. The monoisotopic (exact) mass is 436 g/mol. The highest BCUT2D eigenvalue weighted by atomic mass is 32.2. The minimum atomic E-state index is -0.120. The van der Waals surface area contributed by atoms with Crippen LogP contribution < -0.4 is 0 Å². The van der Waals surface area contributed by atoms with E-state index in [4.69, 9.17) is 4.74 Å². The molecule has 0 aromatic heterocycles. The molecule has 2 nitrogen and oxygen atoms in total. The minimum absolute atomic E-state index is 0.110. The molecule has 0 N–H and O–H groups in total. The molecule has 0 bridgehead atoms. The van der Waals surface area contributed by atoms with Crippen LogP contribution in [0.3, 0.4) is 0 Å². The predicted molar refractivity (Wildman–Crippen MR) is 126 cm³/mol. The Labute approximate surface area is 186 Å². The zero-order chi connectivity index (χ0) is 20.9. The van der Waals surface area contributed by atoms with Crippen LogP contribution in [0, 0.1) is 28.6 Å². The number of carbonyl (C=O) groups excluding carboxylic acids is 1. The van der Waals surface area contributed by atoms with E-state index in [1.165, 1.54) is 50.0 Å². The van der Waals surface area contributed by atoms with Gasteiger partial charge in [0.1, 0.15) is 6.10 Å². The Balaban J connectivity index is 1.59. The number of hydrogen-bond donors (Lipinski definition) is 0. The first kappa shape index (κ1) is 22.1. The third-order valence-corrected chi connectivity index (χ3v) is 12.7. The summed E-state index contributed by atoms with van der Waals surface area (Å²) in [7, 11) is 0. The van der Waals surface area contributed by atoms with Crippen LogP contribution in [-0.2, 0) is 9.53 Å². The molecule has 0 heterocycles. The maximum Gasteiger partial charge on any atom is 0.302 e. The molecule has 1 unspecified atom stereocenters. The van der Waals surface area contributed by atoms with Gasteiger partial charge in [0, 0.05) is 13.3 Å². The number of fused-ring (bicyclic) bond motifs is 5. The van der Waals surface area contributed by atoms with Crippen LogP contribution in [0.5, 0.6) is 0 Å². The van der Waals surface area contributed by atoms with Gasteiger partial charge in [-0.3, -0.25) is 4.79 Å². The number of hydrogen-bond acceptors (Lipinski definition) is 4. The van der Waals surface area contributed by atoms with Gasteiger partial charge in [-0.2, -0.15) is 0 Å². The SMILES string of the molecule is CCSC1(SCC)CC[C@H]2[C@@H]3CC=C4CC(OC(C)=O)CC[C@]4(C)[C@H]3CC[C@@]21C. The lowest BCUT2D eigenvalue weighted by molar-refractivity contribution is -0.148. The van der Waals surface area contributed by atoms with Crippen molar-refractivity contribution in [1.82, 2.24) is 0 Å². The molecule has 4 rings (SSSR count). The van der Waals surface area contributed by atoms with Crippen molar-refractivity contribution < 1.29 is 9.53 Å². The van der Waals surface area contributed by atoms with Crippen molar-refractivity contribution in [3.05, 3.63) is 11.6 Å². The van der Waals surface area contributed by atoms with E-state index in [0.717, 1.165) is 30.6 Å².